The summed E-state index contributed by atoms with van der Waals surface area (Å²) in [7, 11) is 1.19. The standard InChI is InChI=1S/C21H27BO5/c1-14-16(12-19(25-14)15(2)23-7)13-24-18-10-8-17(9-11-18)22-26-20(3,4)21(5,6)27-22/h8-12H,2,13H2,1,3-7H3. The second-order valence-corrected chi connectivity index (χ2v) is 7.77. The van der Waals surface area contributed by atoms with Crippen LogP contribution < -0.4 is 10.2 Å². The molecule has 1 aromatic heterocycles. The lowest BCUT2D eigenvalue weighted by molar-refractivity contribution is 0.00578. The number of furan rings is 1. The molecule has 0 amide bonds. The number of ether oxygens (including phenoxy) is 2. The zero-order valence-corrected chi connectivity index (χ0v) is 16.9. The fourth-order valence-corrected chi connectivity index (χ4v) is 2.76. The Morgan fingerprint density at radius 1 is 1.07 bits per heavy atom. The third kappa shape index (κ3) is 3.92. The van der Waals surface area contributed by atoms with E-state index in [1.54, 1.807) is 7.11 Å². The summed E-state index contributed by atoms with van der Waals surface area (Å²) in [6.45, 7) is 14.3. The number of hydrogen-bond acceptors (Lipinski definition) is 5. The highest BCUT2D eigenvalue weighted by molar-refractivity contribution is 6.62. The third-order valence-corrected chi connectivity index (χ3v) is 5.34. The predicted octanol–water partition coefficient (Wildman–Crippen LogP) is 4.08. The van der Waals surface area contributed by atoms with Crippen molar-refractivity contribution in [3.63, 3.8) is 0 Å². The van der Waals surface area contributed by atoms with Crippen LogP contribution in [0, 0.1) is 6.92 Å². The smallest absolute Gasteiger partial charge is 0.493 e. The molecule has 1 saturated heterocycles. The molecule has 1 aliphatic rings. The molecule has 0 N–H and O–H groups in total. The van der Waals surface area contributed by atoms with E-state index in [1.165, 1.54) is 0 Å². The molecule has 1 aliphatic heterocycles. The molecule has 0 atom stereocenters. The van der Waals surface area contributed by atoms with Crippen molar-refractivity contribution in [2.75, 3.05) is 7.11 Å². The molecule has 0 aliphatic carbocycles. The molecule has 1 fully saturated rings. The fraction of sp³-hybridized carbons (Fsp3) is 0.429. The number of aryl methyl sites for hydroxylation is 1. The molecule has 0 unspecified atom stereocenters. The van der Waals surface area contributed by atoms with E-state index < -0.39 is 0 Å². The molecule has 2 heterocycles. The Kier molecular flexibility index (Phi) is 5.15. The zero-order valence-electron chi connectivity index (χ0n) is 16.9. The van der Waals surface area contributed by atoms with Crippen molar-refractivity contribution in [1.82, 2.24) is 0 Å². The molecular weight excluding hydrogens is 343 g/mol. The number of methoxy groups -OCH3 is 1. The molecule has 0 saturated carbocycles. The molecular formula is C21H27BO5. The van der Waals surface area contributed by atoms with Crippen LogP contribution in [0.2, 0.25) is 0 Å². The Morgan fingerprint density at radius 3 is 2.22 bits per heavy atom. The summed E-state index contributed by atoms with van der Waals surface area (Å²) in [5, 5.41) is 0. The number of hydrogen-bond donors (Lipinski definition) is 0. The predicted molar refractivity (Wildman–Crippen MR) is 106 cm³/mol. The summed E-state index contributed by atoms with van der Waals surface area (Å²) in [6.07, 6.45) is 0. The monoisotopic (exact) mass is 370 g/mol. The Balaban J connectivity index is 1.64. The summed E-state index contributed by atoms with van der Waals surface area (Å²) >= 11 is 0. The van der Waals surface area contributed by atoms with Gasteiger partial charge in [-0.05, 0) is 58.3 Å². The van der Waals surface area contributed by atoms with Crippen LogP contribution in [0.3, 0.4) is 0 Å². The summed E-state index contributed by atoms with van der Waals surface area (Å²) in [5.41, 5.74) is 1.22. The lowest BCUT2D eigenvalue weighted by Crippen LogP contribution is -2.41. The van der Waals surface area contributed by atoms with Gasteiger partial charge >= 0.3 is 7.12 Å². The molecule has 0 radical (unpaired) electrons. The van der Waals surface area contributed by atoms with Crippen LogP contribution in [0.15, 0.2) is 41.3 Å². The summed E-state index contributed by atoms with van der Waals surface area (Å²) in [4.78, 5) is 0. The van der Waals surface area contributed by atoms with Crippen LogP contribution in [0.5, 0.6) is 5.75 Å². The van der Waals surface area contributed by atoms with Gasteiger partial charge in [-0.1, -0.05) is 18.7 Å². The van der Waals surface area contributed by atoms with Crippen LogP contribution in [-0.2, 0) is 20.7 Å². The van der Waals surface area contributed by atoms with Crippen molar-refractivity contribution < 1.29 is 23.2 Å². The Morgan fingerprint density at radius 2 is 1.67 bits per heavy atom. The Bertz CT molecular complexity index is 804. The van der Waals surface area contributed by atoms with E-state index in [1.807, 2.05) is 65.0 Å². The van der Waals surface area contributed by atoms with E-state index >= 15 is 0 Å². The van der Waals surface area contributed by atoms with Crippen molar-refractivity contribution in [3.8, 4) is 5.75 Å². The lowest BCUT2D eigenvalue weighted by Gasteiger charge is -2.32. The average Bonchev–Trinajstić information content (AvgIpc) is 3.09. The molecule has 5 nitrogen and oxygen atoms in total. The first-order valence-electron chi connectivity index (χ1n) is 9.04. The lowest BCUT2D eigenvalue weighted by atomic mass is 9.79. The molecule has 1 aromatic carbocycles. The maximum atomic E-state index is 6.08. The van der Waals surface area contributed by atoms with Crippen LogP contribution in [-0.4, -0.2) is 25.4 Å². The van der Waals surface area contributed by atoms with E-state index in [0.717, 1.165) is 22.5 Å². The summed E-state index contributed by atoms with van der Waals surface area (Å²) in [5.74, 6) is 2.67. The van der Waals surface area contributed by atoms with Crippen LogP contribution in [0.1, 0.15) is 44.8 Å². The van der Waals surface area contributed by atoms with Crippen molar-refractivity contribution in [1.29, 1.82) is 0 Å². The van der Waals surface area contributed by atoms with E-state index in [4.69, 9.17) is 23.2 Å². The highest BCUT2D eigenvalue weighted by Crippen LogP contribution is 2.36. The average molecular weight is 370 g/mol. The fourth-order valence-electron chi connectivity index (χ4n) is 2.76. The van der Waals surface area contributed by atoms with Crippen molar-refractivity contribution in [2.45, 2.75) is 52.4 Å². The van der Waals surface area contributed by atoms with Gasteiger partial charge in [0.2, 0.25) is 0 Å². The molecule has 0 spiro atoms. The van der Waals surface area contributed by atoms with Crippen molar-refractivity contribution >= 4 is 18.3 Å². The van der Waals surface area contributed by atoms with Crippen molar-refractivity contribution in [3.05, 3.63) is 54.0 Å². The van der Waals surface area contributed by atoms with Crippen LogP contribution >= 0.6 is 0 Å². The number of rotatable bonds is 6. The van der Waals surface area contributed by atoms with Gasteiger partial charge in [0.25, 0.3) is 0 Å². The highest BCUT2D eigenvalue weighted by atomic mass is 16.7. The van der Waals surface area contributed by atoms with Crippen molar-refractivity contribution in [2.24, 2.45) is 0 Å². The van der Waals surface area contributed by atoms with E-state index in [2.05, 4.69) is 6.58 Å². The normalized spacial score (nSPS) is 17.8. The van der Waals surface area contributed by atoms with E-state index in [0.29, 0.717) is 18.1 Å². The van der Waals surface area contributed by atoms with Gasteiger partial charge in [0, 0.05) is 5.56 Å². The summed E-state index contributed by atoms with van der Waals surface area (Å²) < 4.78 is 28.8. The van der Waals surface area contributed by atoms with Gasteiger partial charge in [0.15, 0.2) is 11.5 Å². The van der Waals surface area contributed by atoms with Gasteiger partial charge in [-0.3, -0.25) is 0 Å². The molecule has 0 bridgehead atoms. The zero-order chi connectivity index (χ0) is 19.8. The third-order valence-electron chi connectivity index (χ3n) is 5.34. The molecule has 2 aromatic rings. The minimum absolute atomic E-state index is 0.352. The highest BCUT2D eigenvalue weighted by Gasteiger charge is 2.51. The van der Waals surface area contributed by atoms with E-state index in [-0.39, 0.29) is 18.3 Å². The molecule has 27 heavy (non-hydrogen) atoms. The minimum Gasteiger partial charge on any atom is -0.493 e. The molecule has 3 rings (SSSR count). The first-order chi connectivity index (χ1) is 12.6. The van der Waals surface area contributed by atoms with Gasteiger partial charge in [-0.15, -0.1) is 0 Å². The largest absolute Gasteiger partial charge is 0.494 e. The Labute approximate surface area is 161 Å². The summed E-state index contributed by atoms with van der Waals surface area (Å²) in [6, 6.07) is 9.67. The molecule has 6 heteroatoms. The van der Waals surface area contributed by atoms with Gasteiger partial charge in [0.05, 0.1) is 18.3 Å². The topological polar surface area (TPSA) is 50.1 Å². The quantitative estimate of drug-likeness (QED) is 0.567. The maximum Gasteiger partial charge on any atom is 0.494 e. The second kappa shape index (κ2) is 7.10. The first kappa shape index (κ1) is 19.6. The Hall–Kier alpha value is -2.18. The molecule has 144 valence electrons. The van der Waals surface area contributed by atoms with Gasteiger partial charge in [0.1, 0.15) is 18.1 Å². The second-order valence-electron chi connectivity index (χ2n) is 7.77. The first-order valence-corrected chi connectivity index (χ1v) is 9.04. The number of benzene rings is 1. The maximum absolute atomic E-state index is 6.08. The minimum atomic E-state index is -0.372. The van der Waals surface area contributed by atoms with Gasteiger partial charge in [-0.2, -0.15) is 0 Å². The van der Waals surface area contributed by atoms with Crippen LogP contribution in [0.25, 0.3) is 5.76 Å². The van der Waals surface area contributed by atoms with Gasteiger partial charge in [-0.25, -0.2) is 0 Å². The van der Waals surface area contributed by atoms with Crippen LogP contribution in [0.4, 0.5) is 0 Å². The SMILES string of the molecule is C=C(OC)c1cc(COc2ccc(B3OC(C)(C)C(C)(C)O3)cc2)c(C)o1. The van der Waals surface area contributed by atoms with E-state index in [9.17, 15) is 0 Å². The van der Waals surface area contributed by atoms with Gasteiger partial charge < -0.3 is 23.2 Å².